The van der Waals surface area contributed by atoms with E-state index < -0.39 is 66.7 Å². The van der Waals surface area contributed by atoms with Gasteiger partial charge in [-0.3, -0.25) is 14.4 Å². The third-order valence-corrected chi connectivity index (χ3v) is 7.99. The van der Waals surface area contributed by atoms with E-state index in [0.717, 1.165) is 16.5 Å². The van der Waals surface area contributed by atoms with Crippen LogP contribution in [0, 0.1) is 16.2 Å². The first-order valence-electron chi connectivity index (χ1n) is 15.7. The first-order valence-corrected chi connectivity index (χ1v) is 16.8. The Hall–Kier alpha value is -4.34. The van der Waals surface area contributed by atoms with Crippen LogP contribution >= 0.6 is 15.9 Å². The van der Waals surface area contributed by atoms with E-state index in [-0.39, 0.29) is 33.9 Å². The fourth-order valence-electron chi connectivity index (χ4n) is 3.36. The van der Waals surface area contributed by atoms with Crippen molar-refractivity contribution in [3.63, 3.8) is 0 Å². The number of benzene rings is 3. The van der Waals surface area contributed by atoms with E-state index in [9.17, 15) is 19.2 Å². The van der Waals surface area contributed by atoms with Crippen LogP contribution in [0.4, 0.5) is 4.79 Å². The minimum absolute atomic E-state index is 0. The largest absolute Gasteiger partial charge is 0.508 e. The summed E-state index contributed by atoms with van der Waals surface area (Å²) < 4.78 is 19.6. The van der Waals surface area contributed by atoms with E-state index in [2.05, 4.69) is 28.1 Å². The molecule has 0 aliphatic carbocycles. The van der Waals surface area contributed by atoms with Gasteiger partial charge in [0.1, 0.15) is 42.7 Å². The van der Waals surface area contributed by atoms with Gasteiger partial charge in [-0.15, -0.1) is 0 Å². The molecule has 0 aromatic heterocycles. The van der Waals surface area contributed by atoms with Crippen LogP contribution in [0.15, 0.2) is 91.0 Å². The molecule has 3 aromatic carbocycles. The molecule has 14 heteroatoms. The molecular weight excluding hydrogens is 744 g/mol. The standard InChI is InChI=1S/C13H14O5.C12H16O4.C7H7Br.C5H10O4.CH4/c1-13(8-17-12(15)18-9-13)11(14)16-7-10-5-3-2-4-6-10;1-12(8-13,9-14)11(15)16-7-10-5-3-2-4-6-10;8-6-7-4-2-1-3-5-7;1-5(2-6,3-7)4(8)9;/h2-6H,7-9H2,1H3;2-6,13-14H,7-9H2,1H3;1-5H,6H2;6-7H,2-3H2,1H3,(H,8,9);1H4. The third-order valence-electron chi connectivity index (χ3n) is 7.34. The Morgan fingerprint density at radius 3 is 1.37 bits per heavy atom. The molecule has 0 saturated carbocycles. The Balaban J connectivity index is 0.000000699. The number of cyclic esters (lactones) is 2. The van der Waals surface area contributed by atoms with Gasteiger partial charge >= 0.3 is 24.1 Å². The van der Waals surface area contributed by atoms with E-state index in [1.807, 2.05) is 78.9 Å². The second-order valence-electron chi connectivity index (χ2n) is 12.2. The molecule has 13 nitrogen and oxygen atoms in total. The second-order valence-corrected chi connectivity index (χ2v) is 12.8. The van der Waals surface area contributed by atoms with Crippen LogP contribution in [0.2, 0.25) is 0 Å². The highest BCUT2D eigenvalue weighted by molar-refractivity contribution is 9.08. The zero-order valence-corrected chi connectivity index (χ0v) is 30.5. The topological polar surface area (TPSA) is 206 Å². The Labute approximate surface area is 313 Å². The molecular formula is C38H51BrO13. The molecule has 1 saturated heterocycles. The highest BCUT2D eigenvalue weighted by atomic mass is 79.9. The van der Waals surface area contributed by atoms with Gasteiger partial charge in [-0.1, -0.05) is 114 Å². The summed E-state index contributed by atoms with van der Waals surface area (Å²) in [6, 6.07) is 28.9. The Morgan fingerprint density at radius 2 is 1.06 bits per heavy atom. The molecule has 0 radical (unpaired) electrons. The summed E-state index contributed by atoms with van der Waals surface area (Å²) in [7, 11) is 0. The van der Waals surface area contributed by atoms with Crippen LogP contribution in [-0.2, 0) is 51.9 Å². The maximum absolute atomic E-state index is 11.9. The number of aliphatic hydroxyl groups is 4. The summed E-state index contributed by atoms with van der Waals surface area (Å²) in [5.74, 6) is -2.22. The van der Waals surface area contributed by atoms with Crippen molar-refractivity contribution in [2.24, 2.45) is 16.2 Å². The van der Waals surface area contributed by atoms with Crippen LogP contribution in [0.3, 0.4) is 0 Å². The van der Waals surface area contributed by atoms with E-state index in [1.54, 1.807) is 6.92 Å². The number of aliphatic hydroxyl groups excluding tert-OH is 4. The third kappa shape index (κ3) is 16.8. The quantitative estimate of drug-likeness (QED) is 0.0941. The van der Waals surface area contributed by atoms with Crippen LogP contribution in [0.5, 0.6) is 0 Å². The molecule has 0 unspecified atom stereocenters. The van der Waals surface area contributed by atoms with E-state index in [0.29, 0.717) is 0 Å². The number of halogens is 1. The zero-order chi connectivity index (χ0) is 38.3. The van der Waals surface area contributed by atoms with Gasteiger partial charge in [0, 0.05) is 5.33 Å². The lowest BCUT2D eigenvalue weighted by Crippen LogP contribution is -2.44. The van der Waals surface area contributed by atoms with Crippen molar-refractivity contribution < 1.29 is 63.7 Å². The maximum atomic E-state index is 11.9. The molecule has 1 aliphatic rings. The Kier molecular flexibility index (Phi) is 22.7. The smallest absolute Gasteiger partial charge is 0.481 e. The number of aliphatic carboxylic acids is 1. The number of carbonyl (C=O) groups is 4. The van der Waals surface area contributed by atoms with Crippen molar-refractivity contribution >= 4 is 40.0 Å². The van der Waals surface area contributed by atoms with Gasteiger partial charge in [0.2, 0.25) is 0 Å². The van der Waals surface area contributed by atoms with Crippen LogP contribution in [0.25, 0.3) is 0 Å². The minimum Gasteiger partial charge on any atom is -0.481 e. The first-order chi connectivity index (χ1) is 24.2. The summed E-state index contributed by atoms with van der Waals surface area (Å²) in [6.07, 6.45) is -0.747. The number of hydrogen-bond acceptors (Lipinski definition) is 12. The van der Waals surface area contributed by atoms with Crippen molar-refractivity contribution in [1.82, 2.24) is 0 Å². The first kappa shape index (κ1) is 47.7. The van der Waals surface area contributed by atoms with E-state index >= 15 is 0 Å². The monoisotopic (exact) mass is 794 g/mol. The average Bonchev–Trinajstić information content (AvgIpc) is 3.18. The number of alkyl halides is 1. The van der Waals surface area contributed by atoms with Gasteiger partial charge < -0.3 is 44.5 Å². The van der Waals surface area contributed by atoms with E-state index in [1.165, 1.54) is 19.4 Å². The highest BCUT2D eigenvalue weighted by Gasteiger charge is 2.42. The van der Waals surface area contributed by atoms with Crippen LogP contribution in [-0.4, -0.2) is 89.2 Å². The Morgan fingerprint density at radius 1 is 0.692 bits per heavy atom. The number of rotatable bonds is 12. The Bertz CT molecular complexity index is 1440. The fourth-order valence-corrected chi connectivity index (χ4v) is 3.74. The van der Waals surface area contributed by atoms with Crippen LogP contribution < -0.4 is 0 Å². The number of carboxylic acid groups (broad SMARTS) is 1. The maximum Gasteiger partial charge on any atom is 0.508 e. The second kappa shape index (κ2) is 24.8. The van der Waals surface area contributed by atoms with Gasteiger partial charge in [-0.2, -0.15) is 0 Å². The molecule has 1 fully saturated rings. The fraction of sp³-hybridized carbons (Fsp3) is 0.421. The number of ether oxygens (including phenoxy) is 4. The molecule has 0 spiro atoms. The molecule has 0 atom stereocenters. The number of hydrogen-bond donors (Lipinski definition) is 5. The van der Waals surface area contributed by atoms with Gasteiger partial charge in [-0.05, 0) is 37.5 Å². The summed E-state index contributed by atoms with van der Waals surface area (Å²) in [5, 5.41) is 44.1. The number of carboxylic acids is 1. The van der Waals surface area contributed by atoms with Gasteiger partial charge in [-0.25, -0.2) is 4.79 Å². The van der Waals surface area contributed by atoms with Crippen molar-refractivity contribution in [3.8, 4) is 0 Å². The lowest BCUT2D eigenvalue weighted by atomic mass is 9.93. The molecule has 1 heterocycles. The SMILES string of the molecule is BrCc1ccccc1.C.CC(CO)(CO)C(=O)O.CC(CO)(CO)C(=O)OCc1ccccc1.CC1(C(=O)OCc2ccccc2)COC(=O)OC1. The van der Waals surface area contributed by atoms with Crippen molar-refractivity contribution in [3.05, 3.63) is 108 Å². The predicted molar refractivity (Wildman–Crippen MR) is 196 cm³/mol. The van der Waals surface area contributed by atoms with Crippen LogP contribution in [0.1, 0.15) is 44.9 Å². The summed E-state index contributed by atoms with van der Waals surface area (Å²) in [6.45, 7) is 2.74. The summed E-state index contributed by atoms with van der Waals surface area (Å²) >= 11 is 3.36. The molecule has 52 heavy (non-hydrogen) atoms. The summed E-state index contributed by atoms with van der Waals surface area (Å²) in [4.78, 5) is 44.4. The lowest BCUT2D eigenvalue weighted by molar-refractivity contribution is -0.167. The predicted octanol–water partition coefficient (Wildman–Crippen LogP) is 4.90. The molecule has 3 aromatic rings. The van der Waals surface area contributed by atoms with Gasteiger partial charge in [0.15, 0.2) is 0 Å². The van der Waals surface area contributed by atoms with Gasteiger partial charge in [0.05, 0.1) is 26.4 Å². The summed E-state index contributed by atoms with van der Waals surface area (Å²) in [5.41, 5.74) is -0.443. The molecule has 4 rings (SSSR count). The molecule has 0 bridgehead atoms. The number of esters is 2. The van der Waals surface area contributed by atoms with Crippen molar-refractivity contribution in [2.45, 2.75) is 46.7 Å². The number of carbonyl (C=O) groups excluding carboxylic acids is 3. The van der Waals surface area contributed by atoms with E-state index in [4.69, 9.17) is 44.5 Å². The lowest BCUT2D eigenvalue weighted by Gasteiger charge is -2.29. The van der Waals surface area contributed by atoms with Crippen molar-refractivity contribution in [2.75, 3.05) is 39.6 Å². The average molecular weight is 796 g/mol. The molecule has 5 N–H and O–H groups in total. The highest BCUT2D eigenvalue weighted by Crippen LogP contribution is 2.24. The van der Waals surface area contributed by atoms with Crippen molar-refractivity contribution in [1.29, 1.82) is 0 Å². The molecule has 288 valence electrons. The zero-order valence-electron chi connectivity index (χ0n) is 28.9. The van der Waals surface area contributed by atoms with Gasteiger partial charge in [0.25, 0.3) is 0 Å². The normalized spacial score (nSPS) is 12.9. The molecule has 1 aliphatic heterocycles. The molecule has 0 amide bonds. The minimum atomic E-state index is -1.39.